The van der Waals surface area contributed by atoms with Gasteiger partial charge in [-0.25, -0.2) is 4.79 Å². The molecule has 1 aliphatic rings. The van der Waals surface area contributed by atoms with Gasteiger partial charge >= 0.3 is 6.03 Å². The molecule has 0 aromatic heterocycles. The first-order chi connectivity index (χ1) is 7.55. The summed E-state index contributed by atoms with van der Waals surface area (Å²) in [5.41, 5.74) is 0.362. The third-order valence-electron chi connectivity index (χ3n) is 3.42. The van der Waals surface area contributed by atoms with Crippen LogP contribution in [-0.2, 0) is 5.54 Å². The largest absolute Gasteiger partial charge is 0.508 e. The van der Waals surface area contributed by atoms with Gasteiger partial charge in [-0.2, -0.15) is 0 Å². The third-order valence-corrected chi connectivity index (χ3v) is 3.42. The van der Waals surface area contributed by atoms with E-state index in [1.165, 1.54) is 0 Å². The summed E-state index contributed by atoms with van der Waals surface area (Å²) in [7, 11) is 1.75. The van der Waals surface area contributed by atoms with Crippen LogP contribution in [0.25, 0.3) is 0 Å². The molecule has 0 saturated carbocycles. The van der Waals surface area contributed by atoms with Crippen LogP contribution in [0.4, 0.5) is 4.79 Å². The Morgan fingerprint density at radius 3 is 2.81 bits per heavy atom. The van der Waals surface area contributed by atoms with Crippen molar-refractivity contribution in [1.82, 2.24) is 10.2 Å². The van der Waals surface area contributed by atoms with Gasteiger partial charge in [-0.15, -0.1) is 0 Å². The second-order valence-corrected chi connectivity index (χ2v) is 4.33. The Bertz CT molecular complexity index is 419. The van der Waals surface area contributed by atoms with Gasteiger partial charge < -0.3 is 15.3 Å². The molecule has 1 unspecified atom stereocenters. The van der Waals surface area contributed by atoms with Crippen molar-refractivity contribution < 1.29 is 9.90 Å². The maximum absolute atomic E-state index is 11.6. The van der Waals surface area contributed by atoms with Crippen LogP contribution in [-0.4, -0.2) is 29.6 Å². The predicted molar refractivity (Wildman–Crippen MR) is 61.2 cm³/mol. The molecule has 2 N–H and O–H groups in total. The summed E-state index contributed by atoms with van der Waals surface area (Å²) in [6, 6.07) is 7.08. The Morgan fingerprint density at radius 1 is 1.44 bits per heavy atom. The van der Waals surface area contributed by atoms with E-state index < -0.39 is 5.54 Å². The molecule has 4 heteroatoms. The highest BCUT2D eigenvalue weighted by molar-refractivity contribution is 5.76. The maximum atomic E-state index is 11.6. The molecule has 0 radical (unpaired) electrons. The summed E-state index contributed by atoms with van der Waals surface area (Å²) in [6.07, 6.45) is 0.785. The SMILES string of the molecule is CN1C(=O)NCCC1(C)c1ccccc1O. The summed E-state index contributed by atoms with van der Waals surface area (Å²) < 4.78 is 0. The van der Waals surface area contributed by atoms with E-state index in [1.807, 2.05) is 19.1 Å². The Morgan fingerprint density at radius 2 is 2.12 bits per heavy atom. The van der Waals surface area contributed by atoms with Crippen molar-refractivity contribution in [2.75, 3.05) is 13.6 Å². The van der Waals surface area contributed by atoms with Crippen molar-refractivity contribution in [3.63, 3.8) is 0 Å². The van der Waals surface area contributed by atoms with Crippen molar-refractivity contribution in [2.45, 2.75) is 18.9 Å². The minimum atomic E-state index is -0.437. The number of hydrogen-bond donors (Lipinski definition) is 2. The number of urea groups is 1. The number of benzene rings is 1. The number of amides is 2. The molecular formula is C12H16N2O2. The zero-order valence-electron chi connectivity index (χ0n) is 9.53. The predicted octanol–water partition coefficient (Wildman–Crippen LogP) is 1.65. The van der Waals surface area contributed by atoms with Gasteiger partial charge in [-0.1, -0.05) is 18.2 Å². The average molecular weight is 220 g/mol. The number of phenolic OH excluding ortho intramolecular Hbond substituents is 1. The fourth-order valence-corrected chi connectivity index (χ4v) is 2.17. The Labute approximate surface area is 94.9 Å². The van der Waals surface area contributed by atoms with Gasteiger partial charge in [0.25, 0.3) is 0 Å². The smallest absolute Gasteiger partial charge is 0.317 e. The first-order valence-corrected chi connectivity index (χ1v) is 5.36. The van der Waals surface area contributed by atoms with Gasteiger partial charge in [-0.3, -0.25) is 0 Å². The Hall–Kier alpha value is -1.71. The molecule has 1 saturated heterocycles. The number of nitrogens with zero attached hydrogens (tertiary/aromatic N) is 1. The number of carbonyl (C=O) groups is 1. The van der Waals surface area contributed by atoms with Crippen molar-refractivity contribution in [1.29, 1.82) is 0 Å². The topological polar surface area (TPSA) is 52.6 Å². The van der Waals surface area contributed by atoms with E-state index in [-0.39, 0.29) is 11.8 Å². The van der Waals surface area contributed by atoms with E-state index in [4.69, 9.17) is 0 Å². The summed E-state index contributed by atoms with van der Waals surface area (Å²) in [6.45, 7) is 2.61. The van der Waals surface area contributed by atoms with Crippen molar-refractivity contribution in [3.05, 3.63) is 29.8 Å². The fourth-order valence-electron chi connectivity index (χ4n) is 2.17. The van der Waals surface area contributed by atoms with Gasteiger partial charge in [0.1, 0.15) is 5.75 Å². The van der Waals surface area contributed by atoms with E-state index in [0.29, 0.717) is 6.54 Å². The van der Waals surface area contributed by atoms with E-state index in [0.717, 1.165) is 12.0 Å². The molecule has 1 fully saturated rings. The van der Waals surface area contributed by atoms with Crippen LogP contribution in [0.5, 0.6) is 5.75 Å². The fraction of sp³-hybridized carbons (Fsp3) is 0.417. The standard InChI is InChI=1S/C12H16N2O2/c1-12(7-8-13-11(16)14(12)2)9-5-3-4-6-10(9)15/h3-6,15H,7-8H2,1-2H3,(H,13,16). The third kappa shape index (κ3) is 1.50. The summed E-state index contributed by atoms with van der Waals surface area (Å²) >= 11 is 0. The van der Waals surface area contributed by atoms with Crippen molar-refractivity contribution >= 4 is 6.03 Å². The van der Waals surface area contributed by atoms with Gasteiger partial charge in [-0.05, 0) is 19.4 Å². The highest BCUT2D eigenvalue weighted by Crippen LogP contribution is 2.37. The van der Waals surface area contributed by atoms with E-state index in [9.17, 15) is 9.90 Å². The Balaban J connectivity index is 2.45. The number of hydrogen-bond acceptors (Lipinski definition) is 2. The molecule has 1 aromatic carbocycles. The molecule has 0 spiro atoms. The number of rotatable bonds is 1. The molecule has 1 aliphatic heterocycles. The molecule has 2 amide bonds. The van der Waals surface area contributed by atoms with Crippen LogP contribution in [0.3, 0.4) is 0 Å². The normalized spacial score (nSPS) is 25.4. The van der Waals surface area contributed by atoms with E-state index >= 15 is 0 Å². The maximum Gasteiger partial charge on any atom is 0.317 e. The molecule has 4 nitrogen and oxygen atoms in total. The van der Waals surface area contributed by atoms with Crippen molar-refractivity contribution in [3.8, 4) is 5.75 Å². The van der Waals surface area contributed by atoms with Crippen LogP contribution in [0.2, 0.25) is 0 Å². The lowest BCUT2D eigenvalue weighted by Crippen LogP contribution is -2.55. The van der Waals surface area contributed by atoms with E-state index in [2.05, 4.69) is 5.32 Å². The molecule has 0 bridgehead atoms. The summed E-state index contributed by atoms with van der Waals surface area (Å²) in [5.74, 6) is 0.242. The monoisotopic (exact) mass is 220 g/mol. The quantitative estimate of drug-likeness (QED) is 0.756. The second kappa shape index (κ2) is 3.70. The number of aromatic hydroxyl groups is 1. The lowest BCUT2D eigenvalue weighted by Gasteiger charge is -2.43. The highest BCUT2D eigenvalue weighted by Gasteiger charge is 2.38. The van der Waals surface area contributed by atoms with Crippen LogP contribution in [0.1, 0.15) is 18.9 Å². The zero-order chi connectivity index (χ0) is 11.8. The van der Waals surface area contributed by atoms with Gasteiger partial charge in [0, 0.05) is 19.2 Å². The minimum absolute atomic E-state index is 0.1000. The van der Waals surface area contributed by atoms with Gasteiger partial charge in [0.05, 0.1) is 5.54 Å². The lowest BCUT2D eigenvalue weighted by atomic mass is 9.85. The van der Waals surface area contributed by atoms with Gasteiger partial charge in [0.15, 0.2) is 0 Å². The molecule has 0 aliphatic carbocycles. The minimum Gasteiger partial charge on any atom is -0.508 e. The molecule has 1 atom stereocenters. The molecule has 1 aromatic rings. The zero-order valence-corrected chi connectivity index (χ0v) is 9.53. The number of carbonyl (C=O) groups excluding carboxylic acids is 1. The molecular weight excluding hydrogens is 204 g/mol. The van der Waals surface area contributed by atoms with Crippen LogP contribution >= 0.6 is 0 Å². The average Bonchev–Trinajstić information content (AvgIpc) is 2.26. The van der Waals surface area contributed by atoms with Gasteiger partial charge in [0.2, 0.25) is 0 Å². The molecule has 16 heavy (non-hydrogen) atoms. The lowest BCUT2D eigenvalue weighted by molar-refractivity contribution is 0.115. The number of phenols is 1. The summed E-state index contributed by atoms with van der Waals surface area (Å²) in [5, 5.41) is 12.7. The van der Waals surface area contributed by atoms with Crippen LogP contribution in [0, 0.1) is 0 Å². The van der Waals surface area contributed by atoms with Crippen LogP contribution < -0.4 is 5.32 Å². The number of para-hydroxylation sites is 1. The summed E-state index contributed by atoms with van der Waals surface area (Å²) in [4.78, 5) is 13.3. The molecule has 1 heterocycles. The highest BCUT2D eigenvalue weighted by atomic mass is 16.3. The van der Waals surface area contributed by atoms with Crippen molar-refractivity contribution in [2.24, 2.45) is 0 Å². The first kappa shape index (κ1) is 10.8. The molecule has 2 rings (SSSR count). The number of nitrogens with one attached hydrogen (secondary N) is 1. The Kier molecular flexibility index (Phi) is 2.50. The van der Waals surface area contributed by atoms with Crippen LogP contribution in [0.15, 0.2) is 24.3 Å². The first-order valence-electron chi connectivity index (χ1n) is 5.36. The second-order valence-electron chi connectivity index (χ2n) is 4.33. The molecule has 86 valence electrons. The van der Waals surface area contributed by atoms with E-state index in [1.54, 1.807) is 24.1 Å².